The number of halogens is 1. The largest absolute Gasteiger partial charge is 0.465 e. The number of benzene rings is 2. The van der Waals surface area contributed by atoms with Crippen LogP contribution in [0.1, 0.15) is 33.8 Å². The van der Waals surface area contributed by atoms with Gasteiger partial charge in [0.05, 0.1) is 12.7 Å². The van der Waals surface area contributed by atoms with Gasteiger partial charge < -0.3 is 15.0 Å². The first kappa shape index (κ1) is 20.3. The monoisotopic (exact) mass is 426 g/mol. The van der Waals surface area contributed by atoms with Crippen molar-refractivity contribution in [2.45, 2.75) is 25.3 Å². The van der Waals surface area contributed by atoms with Crippen LogP contribution in [0.2, 0.25) is 0 Å². The van der Waals surface area contributed by atoms with Crippen LogP contribution in [-0.2, 0) is 11.2 Å². The quantitative estimate of drug-likeness (QED) is 0.598. The molecule has 2 aromatic carbocycles. The van der Waals surface area contributed by atoms with Crippen LogP contribution in [0.4, 0.5) is 15.2 Å². The zero-order valence-corrected chi connectivity index (χ0v) is 17.5. The molecule has 1 saturated heterocycles. The Labute approximate surface area is 178 Å². The Morgan fingerprint density at radius 1 is 1.20 bits per heavy atom. The summed E-state index contributed by atoms with van der Waals surface area (Å²) < 4.78 is 18.6. The number of hydrogen-bond donors (Lipinski definition) is 1. The van der Waals surface area contributed by atoms with Crippen LogP contribution in [-0.4, -0.2) is 42.4 Å². The van der Waals surface area contributed by atoms with E-state index in [4.69, 9.17) is 4.74 Å². The molecule has 0 bridgehead atoms. The predicted octanol–water partition coefficient (Wildman–Crippen LogP) is 4.14. The van der Waals surface area contributed by atoms with Crippen molar-refractivity contribution in [2.24, 2.45) is 0 Å². The number of ether oxygens (including phenoxy) is 1. The van der Waals surface area contributed by atoms with Crippen LogP contribution >= 0.6 is 11.3 Å². The van der Waals surface area contributed by atoms with E-state index in [1.807, 2.05) is 24.3 Å². The number of esters is 1. The van der Waals surface area contributed by atoms with Crippen molar-refractivity contribution in [3.63, 3.8) is 0 Å². The van der Waals surface area contributed by atoms with Gasteiger partial charge in [0.15, 0.2) is 0 Å². The Balaban J connectivity index is 1.32. The first-order valence-corrected chi connectivity index (χ1v) is 10.7. The fourth-order valence-corrected chi connectivity index (χ4v) is 4.47. The molecule has 2 heterocycles. The van der Waals surface area contributed by atoms with Gasteiger partial charge in [0.25, 0.3) is 0 Å². The molecule has 4 rings (SSSR count). The molecule has 0 amide bonds. The fourth-order valence-electron chi connectivity index (χ4n) is 3.55. The number of carbonyl (C=O) groups is 1. The Morgan fingerprint density at radius 3 is 2.77 bits per heavy atom. The Hall–Kier alpha value is -3.00. The van der Waals surface area contributed by atoms with Gasteiger partial charge >= 0.3 is 5.97 Å². The topological polar surface area (TPSA) is 67.3 Å². The van der Waals surface area contributed by atoms with E-state index in [1.165, 1.54) is 24.5 Å². The van der Waals surface area contributed by atoms with Gasteiger partial charge in [0.2, 0.25) is 5.13 Å². The third-order valence-electron chi connectivity index (χ3n) is 5.18. The number of nitrogens with zero attached hydrogens (tertiary/aromatic N) is 3. The molecule has 1 aliphatic rings. The summed E-state index contributed by atoms with van der Waals surface area (Å²) in [5, 5.41) is 13.8. The number of carbonyl (C=O) groups excluding carboxylic acids is 1. The first-order valence-electron chi connectivity index (χ1n) is 9.88. The summed E-state index contributed by atoms with van der Waals surface area (Å²) in [5.41, 5.74) is 2.09. The zero-order valence-electron chi connectivity index (χ0n) is 16.7. The smallest absolute Gasteiger partial charge is 0.337 e. The van der Waals surface area contributed by atoms with Gasteiger partial charge in [-0.25, -0.2) is 9.18 Å². The number of nitrogens with one attached hydrogen (secondary N) is 1. The van der Waals surface area contributed by atoms with Crippen molar-refractivity contribution in [1.29, 1.82) is 0 Å². The number of rotatable bonds is 6. The summed E-state index contributed by atoms with van der Waals surface area (Å²) >= 11 is 1.52. The highest BCUT2D eigenvalue weighted by Gasteiger charge is 2.22. The van der Waals surface area contributed by atoms with E-state index >= 15 is 0 Å². The van der Waals surface area contributed by atoms with E-state index < -0.39 is 0 Å². The van der Waals surface area contributed by atoms with Crippen molar-refractivity contribution < 1.29 is 13.9 Å². The van der Waals surface area contributed by atoms with Crippen LogP contribution in [0.25, 0.3) is 0 Å². The maximum atomic E-state index is 13.9. The minimum Gasteiger partial charge on any atom is -0.465 e. The van der Waals surface area contributed by atoms with Crippen molar-refractivity contribution in [1.82, 2.24) is 10.2 Å². The van der Waals surface area contributed by atoms with Crippen LogP contribution in [0.3, 0.4) is 0 Å². The summed E-state index contributed by atoms with van der Waals surface area (Å²) in [7, 11) is 1.38. The van der Waals surface area contributed by atoms with E-state index in [-0.39, 0.29) is 11.8 Å². The number of hydrogen-bond acceptors (Lipinski definition) is 7. The Kier molecular flexibility index (Phi) is 6.23. The molecule has 156 valence electrons. The second-order valence-electron chi connectivity index (χ2n) is 7.22. The van der Waals surface area contributed by atoms with Gasteiger partial charge in [-0.1, -0.05) is 35.6 Å². The van der Waals surface area contributed by atoms with Crippen molar-refractivity contribution in [3.05, 3.63) is 70.5 Å². The summed E-state index contributed by atoms with van der Waals surface area (Å²) in [6, 6.07) is 14.5. The SMILES string of the molecule is COC(=O)c1cccc(NC2CCN(c3nnc(Cc4ccccc4F)s3)CC2)c1. The van der Waals surface area contributed by atoms with E-state index in [0.29, 0.717) is 23.6 Å². The minimum atomic E-state index is -0.337. The highest BCUT2D eigenvalue weighted by Crippen LogP contribution is 2.27. The van der Waals surface area contributed by atoms with Gasteiger partial charge in [-0.15, -0.1) is 10.2 Å². The number of piperidine rings is 1. The minimum absolute atomic E-state index is 0.211. The highest BCUT2D eigenvalue weighted by molar-refractivity contribution is 7.15. The average Bonchev–Trinajstić information content (AvgIpc) is 3.24. The van der Waals surface area contributed by atoms with Crippen LogP contribution in [0.5, 0.6) is 0 Å². The lowest BCUT2D eigenvalue weighted by Crippen LogP contribution is -2.39. The molecule has 0 spiro atoms. The van der Waals surface area contributed by atoms with E-state index in [1.54, 1.807) is 18.2 Å². The molecule has 0 radical (unpaired) electrons. The molecule has 30 heavy (non-hydrogen) atoms. The van der Waals surface area contributed by atoms with E-state index in [2.05, 4.69) is 20.4 Å². The molecule has 0 saturated carbocycles. The zero-order chi connectivity index (χ0) is 20.9. The van der Waals surface area contributed by atoms with Crippen LogP contribution in [0.15, 0.2) is 48.5 Å². The third-order valence-corrected chi connectivity index (χ3v) is 6.16. The van der Waals surface area contributed by atoms with Gasteiger partial charge in [0.1, 0.15) is 10.8 Å². The average molecular weight is 427 g/mol. The molecular weight excluding hydrogens is 403 g/mol. The van der Waals surface area contributed by atoms with Gasteiger partial charge in [-0.2, -0.15) is 0 Å². The molecule has 1 N–H and O–H groups in total. The van der Waals surface area contributed by atoms with Crippen LogP contribution < -0.4 is 10.2 Å². The second-order valence-corrected chi connectivity index (χ2v) is 8.27. The van der Waals surface area contributed by atoms with Crippen molar-refractivity contribution in [2.75, 3.05) is 30.4 Å². The summed E-state index contributed by atoms with van der Waals surface area (Å²) in [6.07, 6.45) is 2.36. The molecule has 8 heteroatoms. The molecular formula is C22H23FN4O2S. The summed E-state index contributed by atoms with van der Waals surface area (Å²) in [5.74, 6) is -0.548. The molecule has 3 aromatic rings. The second kappa shape index (κ2) is 9.21. The molecule has 1 aliphatic heterocycles. The standard InChI is InChI=1S/C22H23FN4O2S/c1-29-21(28)16-6-4-7-18(13-16)24-17-9-11-27(12-10-17)22-26-25-20(30-22)14-15-5-2-3-8-19(15)23/h2-8,13,17,24H,9-12,14H2,1H3. The maximum Gasteiger partial charge on any atom is 0.337 e. The Bertz CT molecular complexity index is 1020. The number of aromatic nitrogens is 2. The fraction of sp³-hybridized carbons (Fsp3) is 0.318. The molecule has 0 aliphatic carbocycles. The van der Waals surface area contributed by atoms with E-state index in [9.17, 15) is 9.18 Å². The molecule has 6 nitrogen and oxygen atoms in total. The lowest BCUT2D eigenvalue weighted by atomic mass is 10.0. The van der Waals surface area contributed by atoms with Gasteiger partial charge in [0, 0.05) is 31.2 Å². The number of methoxy groups -OCH3 is 1. The Morgan fingerprint density at radius 2 is 2.00 bits per heavy atom. The summed E-state index contributed by atoms with van der Waals surface area (Å²) in [6.45, 7) is 1.73. The molecule has 1 fully saturated rings. The lowest BCUT2D eigenvalue weighted by Gasteiger charge is -2.32. The normalized spacial score (nSPS) is 14.5. The van der Waals surface area contributed by atoms with Gasteiger partial charge in [-0.05, 0) is 42.7 Å². The van der Waals surface area contributed by atoms with Crippen LogP contribution in [0, 0.1) is 5.82 Å². The van der Waals surface area contributed by atoms with E-state index in [0.717, 1.165) is 41.8 Å². The number of anilines is 2. The lowest BCUT2D eigenvalue weighted by molar-refractivity contribution is 0.0601. The first-order chi connectivity index (χ1) is 14.6. The molecule has 1 aromatic heterocycles. The third kappa shape index (κ3) is 4.76. The van der Waals surface area contributed by atoms with Crippen molar-refractivity contribution >= 4 is 28.1 Å². The molecule has 0 atom stereocenters. The maximum absolute atomic E-state index is 13.9. The predicted molar refractivity (Wildman–Crippen MR) is 116 cm³/mol. The highest BCUT2D eigenvalue weighted by atomic mass is 32.1. The van der Waals surface area contributed by atoms with Gasteiger partial charge in [-0.3, -0.25) is 0 Å². The summed E-state index contributed by atoms with van der Waals surface area (Å²) in [4.78, 5) is 13.9. The van der Waals surface area contributed by atoms with Crippen molar-refractivity contribution in [3.8, 4) is 0 Å². The molecule has 0 unspecified atom stereocenters.